The van der Waals surface area contributed by atoms with Crippen LogP contribution in [-0.2, 0) is 4.79 Å². The molecule has 0 radical (unpaired) electrons. The monoisotopic (exact) mass is 472 g/mol. The van der Waals surface area contributed by atoms with E-state index >= 15 is 0 Å². The van der Waals surface area contributed by atoms with Gasteiger partial charge in [0.05, 0.1) is 18.6 Å². The van der Waals surface area contributed by atoms with Gasteiger partial charge in [-0.3, -0.25) is 14.3 Å². The van der Waals surface area contributed by atoms with Crippen molar-refractivity contribution in [3.05, 3.63) is 84.2 Å². The molecule has 0 bridgehead atoms. The van der Waals surface area contributed by atoms with Crippen LogP contribution in [0.2, 0.25) is 0 Å². The highest BCUT2D eigenvalue weighted by atomic mass is 32.2. The predicted octanol–water partition coefficient (Wildman–Crippen LogP) is 4.28. The minimum Gasteiger partial charge on any atom is -0.497 e. The van der Waals surface area contributed by atoms with Crippen molar-refractivity contribution in [3.63, 3.8) is 0 Å². The Morgan fingerprint density at radius 1 is 1.03 bits per heavy atom. The van der Waals surface area contributed by atoms with Crippen LogP contribution in [-0.4, -0.2) is 44.2 Å². The summed E-state index contributed by atoms with van der Waals surface area (Å²) in [6, 6.07) is 19.3. The fraction of sp³-hybridized carbons (Fsp3) is 0.160. The number of hydrazone groups is 1. The molecule has 1 amide bonds. The molecule has 172 valence electrons. The number of rotatable bonds is 8. The van der Waals surface area contributed by atoms with Crippen molar-refractivity contribution in [3.8, 4) is 22.8 Å². The second-order valence-electron chi connectivity index (χ2n) is 7.46. The maximum atomic E-state index is 12.5. The minimum atomic E-state index is -0.234. The average Bonchev–Trinajstić information content (AvgIpc) is 3.31. The minimum absolute atomic E-state index is 0.139. The Bertz CT molecular complexity index is 1290. The SMILES string of the molecule is COc1ccc(/C(C)=N/NC(=O)CSc2nnc(-c3ccncc3)n2-c2ccc(C)cc2)cc1. The quantitative estimate of drug-likeness (QED) is 0.234. The lowest BCUT2D eigenvalue weighted by Crippen LogP contribution is -2.21. The molecule has 0 saturated heterocycles. The standard InChI is InChI=1S/C25H24N6O2S/c1-17-4-8-21(9-5-17)31-24(20-12-14-26-15-13-20)29-30-25(31)34-16-23(32)28-27-18(2)19-6-10-22(33-3)11-7-19/h4-15H,16H2,1-3H3,(H,28,32)/b27-18+. The van der Waals surface area contributed by atoms with Gasteiger partial charge in [-0.05, 0) is 67.9 Å². The van der Waals surface area contributed by atoms with Gasteiger partial charge in [0.1, 0.15) is 5.75 Å². The number of aromatic nitrogens is 4. The highest BCUT2D eigenvalue weighted by Gasteiger charge is 2.17. The molecule has 0 spiro atoms. The third-order valence-electron chi connectivity index (χ3n) is 5.05. The average molecular weight is 473 g/mol. The fourth-order valence-electron chi connectivity index (χ4n) is 3.18. The third-order valence-corrected chi connectivity index (χ3v) is 5.98. The number of amides is 1. The van der Waals surface area contributed by atoms with E-state index in [1.165, 1.54) is 11.8 Å². The van der Waals surface area contributed by atoms with Gasteiger partial charge in [0, 0.05) is 23.6 Å². The number of thioether (sulfide) groups is 1. The maximum absolute atomic E-state index is 12.5. The van der Waals surface area contributed by atoms with E-state index in [0.29, 0.717) is 16.7 Å². The number of methoxy groups -OCH3 is 1. The predicted molar refractivity (Wildman–Crippen MR) is 133 cm³/mol. The Morgan fingerprint density at radius 3 is 2.41 bits per heavy atom. The van der Waals surface area contributed by atoms with Crippen molar-refractivity contribution in [1.29, 1.82) is 0 Å². The summed E-state index contributed by atoms with van der Waals surface area (Å²) in [5.74, 6) is 1.35. The Morgan fingerprint density at radius 2 is 1.74 bits per heavy atom. The number of nitrogens with zero attached hydrogens (tertiary/aromatic N) is 5. The summed E-state index contributed by atoms with van der Waals surface area (Å²) in [5.41, 5.74) is 7.17. The van der Waals surface area contributed by atoms with Crippen LogP contribution < -0.4 is 10.2 Å². The van der Waals surface area contributed by atoms with Crippen molar-refractivity contribution in [2.45, 2.75) is 19.0 Å². The summed E-state index contributed by atoms with van der Waals surface area (Å²) in [5, 5.41) is 13.6. The number of hydrogen-bond acceptors (Lipinski definition) is 7. The normalized spacial score (nSPS) is 11.3. The van der Waals surface area contributed by atoms with E-state index in [4.69, 9.17) is 4.74 Å². The molecule has 2 heterocycles. The Balaban J connectivity index is 1.49. The van der Waals surface area contributed by atoms with Crippen LogP contribution in [0.3, 0.4) is 0 Å². The number of pyridine rings is 1. The lowest BCUT2D eigenvalue weighted by Gasteiger charge is -2.10. The molecule has 2 aromatic heterocycles. The molecule has 0 saturated carbocycles. The van der Waals surface area contributed by atoms with Gasteiger partial charge in [-0.1, -0.05) is 29.5 Å². The lowest BCUT2D eigenvalue weighted by atomic mass is 10.1. The molecule has 8 nitrogen and oxygen atoms in total. The first-order chi connectivity index (χ1) is 16.5. The number of carbonyl (C=O) groups excluding carboxylic acids is 1. The zero-order chi connectivity index (χ0) is 23.9. The van der Waals surface area contributed by atoms with E-state index < -0.39 is 0 Å². The summed E-state index contributed by atoms with van der Waals surface area (Å²) in [6.07, 6.45) is 3.43. The molecule has 9 heteroatoms. The molecular weight excluding hydrogens is 448 g/mol. The van der Waals surface area contributed by atoms with Crippen molar-refractivity contribution >= 4 is 23.4 Å². The zero-order valence-electron chi connectivity index (χ0n) is 19.1. The molecule has 1 N–H and O–H groups in total. The molecule has 0 unspecified atom stereocenters. The largest absolute Gasteiger partial charge is 0.497 e. The molecular formula is C25H24N6O2S. The van der Waals surface area contributed by atoms with Gasteiger partial charge in [0.25, 0.3) is 5.91 Å². The highest BCUT2D eigenvalue weighted by Crippen LogP contribution is 2.27. The second kappa shape index (κ2) is 10.8. The van der Waals surface area contributed by atoms with E-state index in [9.17, 15) is 4.79 Å². The number of benzene rings is 2. The van der Waals surface area contributed by atoms with Crippen molar-refractivity contribution in [2.24, 2.45) is 5.10 Å². The molecule has 0 aliphatic carbocycles. The maximum Gasteiger partial charge on any atom is 0.250 e. The topological polar surface area (TPSA) is 94.3 Å². The molecule has 0 fully saturated rings. The van der Waals surface area contributed by atoms with E-state index in [0.717, 1.165) is 28.1 Å². The molecule has 34 heavy (non-hydrogen) atoms. The van der Waals surface area contributed by atoms with Crippen LogP contribution in [0.25, 0.3) is 17.1 Å². The molecule has 0 aliphatic rings. The van der Waals surface area contributed by atoms with Crippen LogP contribution in [0, 0.1) is 6.92 Å². The molecule has 4 rings (SSSR count). The first-order valence-corrected chi connectivity index (χ1v) is 11.6. The summed E-state index contributed by atoms with van der Waals surface area (Å²) in [6.45, 7) is 3.87. The van der Waals surface area contributed by atoms with Gasteiger partial charge >= 0.3 is 0 Å². The molecule has 0 aliphatic heterocycles. The van der Waals surface area contributed by atoms with Gasteiger partial charge in [-0.15, -0.1) is 10.2 Å². The summed E-state index contributed by atoms with van der Waals surface area (Å²) >= 11 is 1.30. The van der Waals surface area contributed by atoms with Crippen molar-refractivity contribution < 1.29 is 9.53 Å². The van der Waals surface area contributed by atoms with Crippen molar-refractivity contribution in [1.82, 2.24) is 25.2 Å². The molecule has 4 aromatic rings. The van der Waals surface area contributed by atoms with Crippen LogP contribution in [0.1, 0.15) is 18.1 Å². The van der Waals surface area contributed by atoms with Crippen LogP contribution in [0.15, 0.2) is 83.3 Å². The Kier molecular flexibility index (Phi) is 7.34. The van der Waals surface area contributed by atoms with Crippen molar-refractivity contribution in [2.75, 3.05) is 12.9 Å². The van der Waals surface area contributed by atoms with Gasteiger partial charge in [0.15, 0.2) is 11.0 Å². The smallest absolute Gasteiger partial charge is 0.250 e. The molecule has 0 atom stereocenters. The first kappa shape index (κ1) is 23.2. The van der Waals surface area contributed by atoms with Gasteiger partial charge < -0.3 is 4.74 Å². The van der Waals surface area contributed by atoms with Gasteiger partial charge in [-0.2, -0.15) is 5.10 Å². The Hall–Kier alpha value is -3.98. The first-order valence-electron chi connectivity index (χ1n) is 10.6. The van der Waals surface area contributed by atoms with Crippen LogP contribution in [0.5, 0.6) is 5.75 Å². The van der Waals surface area contributed by atoms with Gasteiger partial charge in [-0.25, -0.2) is 5.43 Å². The number of aryl methyl sites for hydroxylation is 1. The lowest BCUT2D eigenvalue weighted by molar-refractivity contribution is -0.118. The van der Waals surface area contributed by atoms with E-state index in [2.05, 4.69) is 25.7 Å². The second-order valence-corrected chi connectivity index (χ2v) is 8.40. The Labute approximate surface area is 202 Å². The fourth-order valence-corrected chi connectivity index (χ4v) is 3.93. The summed E-state index contributed by atoms with van der Waals surface area (Å²) in [4.78, 5) is 16.6. The van der Waals surface area contributed by atoms with Crippen LogP contribution in [0.4, 0.5) is 0 Å². The number of carbonyl (C=O) groups is 1. The van der Waals surface area contributed by atoms with E-state index in [-0.39, 0.29) is 11.7 Å². The number of nitrogens with one attached hydrogen (secondary N) is 1. The van der Waals surface area contributed by atoms with E-state index in [1.807, 2.05) is 79.1 Å². The molecule has 2 aromatic carbocycles. The summed E-state index contributed by atoms with van der Waals surface area (Å²) < 4.78 is 7.11. The van der Waals surface area contributed by atoms with Gasteiger partial charge in [0.2, 0.25) is 0 Å². The highest BCUT2D eigenvalue weighted by molar-refractivity contribution is 7.99. The summed E-state index contributed by atoms with van der Waals surface area (Å²) in [7, 11) is 1.62. The number of hydrogen-bond donors (Lipinski definition) is 1. The third kappa shape index (κ3) is 5.49. The van der Waals surface area contributed by atoms with E-state index in [1.54, 1.807) is 19.5 Å². The zero-order valence-corrected chi connectivity index (χ0v) is 19.9. The van der Waals surface area contributed by atoms with Crippen LogP contribution >= 0.6 is 11.8 Å². The number of ether oxygens (including phenoxy) is 1.